The first-order valence-corrected chi connectivity index (χ1v) is 16.9. The van der Waals surface area contributed by atoms with Crippen LogP contribution in [0.15, 0.2) is 30.5 Å². The average molecular weight is 564 g/mol. The van der Waals surface area contributed by atoms with Crippen molar-refractivity contribution < 1.29 is 9.18 Å². The maximum atomic E-state index is 15.5. The Morgan fingerprint density at radius 2 is 1.59 bits per heavy atom. The lowest BCUT2D eigenvalue weighted by molar-refractivity contribution is -0.140. The Hall–Kier alpha value is -1.88. The number of hydrogen-bond acceptors (Lipinski definition) is 3. The van der Waals surface area contributed by atoms with Gasteiger partial charge in [-0.2, -0.15) is 0 Å². The van der Waals surface area contributed by atoms with Crippen molar-refractivity contribution >= 4 is 5.91 Å². The first kappa shape index (κ1) is 29.2. The quantitative estimate of drug-likeness (QED) is 0.385. The summed E-state index contributed by atoms with van der Waals surface area (Å²) in [7, 11) is 0. The molecule has 41 heavy (non-hydrogen) atoms. The minimum atomic E-state index is -0.278. The van der Waals surface area contributed by atoms with Crippen molar-refractivity contribution in [3.8, 4) is 0 Å². The molecular formula is C36H54FN3O. The van der Waals surface area contributed by atoms with E-state index in [0.717, 1.165) is 62.0 Å². The van der Waals surface area contributed by atoms with Crippen molar-refractivity contribution in [2.75, 3.05) is 13.1 Å². The number of aryl methyl sites for hydroxylation is 1. The Morgan fingerprint density at radius 3 is 2.17 bits per heavy atom. The number of rotatable bonds is 6. The number of nitrogens with zero attached hydrogens (tertiary/aromatic N) is 2. The lowest BCUT2D eigenvalue weighted by atomic mass is 9.63. The Balaban J connectivity index is 1.22. The van der Waals surface area contributed by atoms with Crippen molar-refractivity contribution in [3.63, 3.8) is 0 Å². The maximum Gasteiger partial charge on any atom is 0.227 e. The highest BCUT2D eigenvalue weighted by Crippen LogP contribution is 2.52. The van der Waals surface area contributed by atoms with Crippen molar-refractivity contribution in [3.05, 3.63) is 47.4 Å². The summed E-state index contributed by atoms with van der Waals surface area (Å²) in [5.41, 5.74) is 2.56. The SMILES string of the molecule is C=C([C@@H]1CC(N2C3CCC2CC3)C[C@H]1c1ccc(C)cc1F)N1CCC(C(=O)NC(C)(C)C)(C2CCCCC2)CC1. The van der Waals surface area contributed by atoms with E-state index >= 15 is 4.39 Å². The largest absolute Gasteiger partial charge is 0.375 e. The average Bonchev–Trinajstić information content (AvgIpc) is 3.66. The number of piperidine rings is 1. The summed E-state index contributed by atoms with van der Waals surface area (Å²) in [6.07, 6.45) is 15.4. The van der Waals surface area contributed by atoms with Gasteiger partial charge in [0.05, 0.1) is 5.41 Å². The number of carbonyl (C=O) groups excluding carboxylic acids is 1. The highest BCUT2D eigenvalue weighted by atomic mass is 19.1. The molecule has 1 aromatic carbocycles. The molecule has 1 N–H and O–H groups in total. The highest BCUT2D eigenvalue weighted by Gasteiger charge is 2.51. The van der Waals surface area contributed by atoms with Gasteiger partial charge in [0.25, 0.3) is 0 Å². The summed E-state index contributed by atoms with van der Waals surface area (Å²) < 4.78 is 15.5. The summed E-state index contributed by atoms with van der Waals surface area (Å²) in [5.74, 6) is 1.12. The van der Waals surface area contributed by atoms with Crippen LogP contribution in [0, 0.1) is 30.0 Å². The second-order valence-electron chi connectivity index (χ2n) is 15.4. The van der Waals surface area contributed by atoms with E-state index < -0.39 is 0 Å². The molecular weight excluding hydrogens is 509 g/mol. The molecule has 2 aliphatic carbocycles. The van der Waals surface area contributed by atoms with Crippen molar-refractivity contribution in [2.24, 2.45) is 17.3 Å². The van der Waals surface area contributed by atoms with Crippen LogP contribution in [-0.4, -0.2) is 52.5 Å². The number of halogens is 1. The van der Waals surface area contributed by atoms with Gasteiger partial charge in [0.15, 0.2) is 0 Å². The molecule has 3 saturated heterocycles. The Morgan fingerprint density at radius 1 is 0.951 bits per heavy atom. The van der Waals surface area contributed by atoms with Crippen LogP contribution in [0.3, 0.4) is 0 Å². The van der Waals surface area contributed by atoms with E-state index in [-0.39, 0.29) is 34.5 Å². The highest BCUT2D eigenvalue weighted by molar-refractivity contribution is 5.83. The third-order valence-corrected chi connectivity index (χ3v) is 11.8. The van der Waals surface area contributed by atoms with Gasteiger partial charge < -0.3 is 10.2 Å². The summed E-state index contributed by atoms with van der Waals surface area (Å²) in [6, 6.07) is 7.83. The molecule has 3 atom stereocenters. The third kappa shape index (κ3) is 5.61. The number of amides is 1. The molecule has 226 valence electrons. The number of hydrogen-bond donors (Lipinski definition) is 1. The van der Waals surface area contributed by atoms with Gasteiger partial charge in [-0.25, -0.2) is 4.39 Å². The lowest BCUT2D eigenvalue weighted by Gasteiger charge is -2.49. The van der Waals surface area contributed by atoms with Crippen LogP contribution in [0.4, 0.5) is 4.39 Å². The molecule has 0 spiro atoms. The second kappa shape index (κ2) is 11.3. The molecule has 5 aliphatic rings. The first-order chi connectivity index (χ1) is 19.6. The molecule has 2 bridgehead atoms. The van der Waals surface area contributed by atoms with E-state index in [4.69, 9.17) is 6.58 Å². The van der Waals surface area contributed by atoms with E-state index in [9.17, 15) is 4.79 Å². The fourth-order valence-electron chi connectivity index (χ4n) is 9.82. The molecule has 1 unspecified atom stereocenters. The zero-order valence-electron chi connectivity index (χ0n) is 26.2. The number of nitrogens with one attached hydrogen (secondary N) is 1. The summed E-state index contributed by atoms with van der Waals surface area (Å²) in [4.78, 5) is 19.3. The molecule has 1 aromatic rings. The van der Waals surface area contributed by atoms with Gasteiger partial charge in [-0.3, -0.25) is 9.69 Å². The van der Waals surface area contributed by atoms with Gasteiger partial charge in [0, 0.05) is 48.4 Å². The molecule has 0 aromatic heterocycles. The summed E-state index contributed by atoms with van der Waals surface area (Å²) in [5, 5.41) is 3.39. The smallest absolute Gasteiger partial charge is 0.227 e. The molecule has 5 fully saturated rings. The molecule has 6 rings (SSSR count). The van der Waals surface area contributed by atoms with Crippen LogP contribution in [-0.2, 0) is 4.79 Å². The Bertz CT molecular complexity index is 1110. The lowest BCUT2D eigenvalue weighted by Crippen LogP contribution is -2.56. The molecule has 3 aliphatic heterocycles. The van der Waals surface area contributed by atoms with Crippen molar-refractivity contribution in [1.29, 1.82) is 0 Å². The van der Waals surface area contributed by atoms with Crippen molar-refractivity contribution in [1.82, 2.24) is 15.1 Å². The zero-order chi connectivity index (χ0) is 28.9. The zero-order valence-corrected chi connectivity index (χ0v) is 26.2. The van der Waals surface area contributed by atoms with E-state index in [1.807, 2.05) is 6.92 Å². The number of likely N-dealkylation sites (tertiary alicyclic amines) is 1. The van der Waals surface area contributed by atoms with E-state index in [0.29, 0.717) is 12.0 Å². The van der Waals surface area contributed by atoms with E-state index in [1.54, 1.807) is 6.07 Å². The van der Waals surface area contributed by atoms with E-state index in [2.05, 4.69) is 48.0 Å². The van der Waals surface area contributed by atoms with Crippen LogP contribution in [0.1, 0.15) is 121 Å². The monoisotopic (exact) mass is 563 g/mol. The molecule has 3 heterocycles. The van der Waals surface area contributed by atoms with Gasteiger partial charge in [0.1, 0.15) is 5.82 Å². The molecule has 2 saturated carbocycles. The fraction of sp³-hybridized carbons (Fsp3) is 0.750. The minimum Gasteiger partial charge on any atom is -0.375 e. The summed E-state index contributed by atoms with van der Waals surface area (Å²) in [6.45, 7) is 14.8. The number of benzene rings is 1. The topological polar surface area (TPSA) is 35.6 Å². The van der Waals surface area contributed by atoms with Crippen LogP contribution < -0.4 is 5.32 Å². The number of carbonyl (C=O) groups is 1. The van der Waals surface area contributed by atoms with Crippen LogP contribution in [0.2, 0.25) is 0 Å². The van der Waals surface area contributed by atoms with Gasteiger partial charge in [-0.1, -0.05) is 38.0 Å². The van der Waals surface area contributed by atoms with E-state index in [1.165, 1.54) is 63.5 Å². The summed E-state index contributed by atoms with van der Waals surface area (Å²) >= 11 is 0. The molecule has 0 radical (unpaired) electrons. The van der Waals surface area contributed by atoms with Gasteiger partial charge >= 0.3 is 0 Å². The van der Waals surface area contributed by atoms with Gasteiger partial charge in [0.2, 0.25) is 5.91 Å². The predicted molar refractivity (Wildman–Crippen MR) is 165 cm³/mol. The molecule has 1 amide bonds. The molecule has 4 nitrogen and oxygen atoms in total. The minimum absolute atomic E-state index is 0.0494. The first-order valence-electron chi connectivity index (χ1n) is 16.9. The molecule has 5 heteroatoms. The van der Waals surface area contributed by atoms with Gasteiger partial charge in [-0.15, -0.1) is 0 Å². The van der Waals surface area contributed by atoms with Crippen LogP contribution in [0.25, 0.3) is 0 Å². The normalized spacial score (nSPS) is 32.4. The third-order valence-electron chi connectivity index (χ3n) is 11.8. The fourth-order valence-corrected chi connectivity index (χ4v) is 9.82. The van der Waals surface area contributed by atoms with Gasteiger partial charge in [-0.05, 0) is 121 Å². The number of allylic oxidation sites excluding steroid dienone is 1. The number of fused-ring (bicyclic) bond motifs is 2. The Kier molecular flexibility index (Phi) is 8.06. The Labute approximate surface area is 248 Å². The second-order valence-corrected chi connectivity index (χ2v) is 15.4. The van der Waals surface area contributed by atoms with Crippen LogP contribution >= 0.6 is 0 Å². The maximum absolute atomic E-state index is 15.5. The van der Waals surface area contributed by atoms with Crippen LogP contribution in [0.5, 0.6) is 0 Å². The predicted octanol–water partition coefficient (Wildman–Crippen LogP) is 7.71. The van der Waals surface area contributed by atoms with Crippen molar-refractivity contribution in [2.45, 2.75) is 141 Å². The standard InChI is InChI=1S/C36H54FN3O/c1-24-11-16-30(33(37)21-24)32-23-29(40-27-12-13-28(40)15-14-27)22-31(32)25(2)39-19-17-36(18-20-39,26-9-7-6-8-10-26)34(41)38-35(3,4)5/h11,16,21,26-29,31-32H,2,6-10,12-15,17-20,22-23H2,1,3-5H3,(H,38,41)/t27?,28?,29?,31-,32-/m0/s1.